The lowest BCUT2D eigenvalue weighted by Crippen LogP contribution is -2.50. The van der Waals surface area contributed by atoms with Gasteiger partial charge in [-0.15, -0.1) is 0 Å². The van der Waals surface area contributed by atoms with Gasteiger partial charge in [0.25, 0.3) is 0 Å². The number of hydrogen-bond donors (Lipinski definition) is 1. The first-order valence-electron chi connectivity index (χ1n) is 12.9. The van der Waals surface area contributed by atoms with Crippen LogP contribution in [0.3, 0.4) is 0 Å². The molecule has 1 N–H and O–H groups in total. The summed E-state index contributed by atoms with van der Waals surface area (Å²) in [6, 6.07) is 14.0. The monoisotopic (exact) mass is 549 g/mol. The van der Waals surface area contributed by atoms with Crippen LogP contribution in [0.2, 0.25) is 5.02 Å². The molecule has 204 valence electrons. The molecular weight excluding hydrogens is 510 g/mol. The van der Waals surface area contributed by atoms with Crippen molar-refractivity contribution in [2.75, 3.05) is 17.1 Å². The Bertz CT molecular complexity index is 1120. The van der Waals surface area contributed by atoms with Gasteiger partial charge in [-0.25, -0.2) is 8.42 Å². The minimum Gasteiger partial charge on any atom is -0.352 e. The smallest absolute Gasteiger partial charge is 0.243 e. The van der Waals surface area contributed by atoms with Gasteiger partial charge < -0.3 is 10.2 Å². The maximum absolute atomic E-state index is 13.5. The second-order valence-electron chi connectivity index (χ2n) is 9.35. The van der Waals surface area contributed by atoms with E-state index in [1.165, 1.54) is 10.6 Å². The fraction of sp³-hybridized carbons (Fsp3) is 0.500. The molecule has 0 spiro atoms. The van der Waals surface area contributed by atoms with E-state index >= 15 is 0 Å². The summed E-state index contributed by atoms with van der Waals surface area (Å²) < 4.78 is 26.3. The number of carbonyl (C=O) groups excluding carboxylic acids is 2. The average Bonchev–Trinajstić information content (AvgIpc) is 2.86. The fourth-order valence-electron chi connectivity index (χ4n) is 4.05. The second-order valence-corrected chi connectivity index (χ2v) is 11.7. The van der Waals surface area contributed by atoms with Crippen LogP contribution in [-0.4, -0.2) is 50.0 Å². The number of aryl methyl sites for hydroxylation is 1. The molecule has 2 amide bonds. The van der Waals surface area contributed by atoms with E-state index in [1.54, 1.807) is 29.2 Å². The predicted molar refractivity (Wildman–Crippen MR) is 151 cm³/mol. The molecule has 0 aliphatic carbocycles. The van der Waals surface area contributed by atoms with Gasteiger partial charge in [0, 0.05) is 30.6 Å². The molecule has 0 aliphatic rings. The molecule has 0 saturated heterocycles. The number of hydrogen-bond acceptors (Lipinski definition) is 4. The standard InChI is InChI=1S/C28H40ClN3O4S/c1-6-21(4)30-28(34)26(8-3)31(20-23-11-15-24(29)16-12-23)27(33)10-9-19-32(37(5,35)36)25-17-13-22(7-2)14-18-25/h11-18,21,26H,6-10,19-20H2,1-5H3,(H,30,34)/t21-,26+/m1/s1. The minimum absolute atomic E-state index is 0.00329. The molecule has 2 rings (SSSR count). The third kappa shape index (κ3) is 9.34. The quantitative estimate of drug-likeness (QED) is 0.352. The number of rotatable bonds is 14. The van der Waals surface area contributed by atoms with Crippen LogP contribution in [0.1, 0.15) is 64.5 Å². The molecule has 37 heavy (non-hydrogen) atoms. The molecular formula is C28H40ClN3O4S. The first kappa shape index (κ1) is 30.6. The van der Waals surface area contributed by atoms with Gasteiger partial charge in [-0.3, -0.25) is 13.9 Å². The van der Waals surface area contributed by atoms with Crippen molar-refractivity contribution >= 4 is 39.1 Å². The Kier molecular flexibility index (Phi) is 11.9. The number of halogens is 1. The molecule has 2 aromatic rings. The Morgan fingerprint density at radius 1 is 0.946 bits per heavy atom. The molecule has 0 bridgehead atoms. The zero-order valence-electron chi connectivity index (χ0n) is 22.5. The lowest BCUT2D eigenvalue weighted by molar-refractivity contribution is -0.141. The molecule has 0 heterocycles. The summed E-state index contributed by atoms with van der Waals surface area (Å²) in [4.78, 5) is 28.1. The molecule has 0 unspecified atom stereocenters. The highest BCUT2D eigenvalue weighted by molar-refractivity contribution is 7.92. The van der Waals surface area contributed by atoms with Crippen molar-refractivity contribution < 1.29 is 18.0 Å². The molecule has 0 aromatic heterocycles. The summed E-state index contributed by atoms with van der Waals surface area (Å²) in [6.07, 6.45) is 3.71. The third-order valence-corrected chi connectivity index (χ3v) is 7.88. The average molecular weight is 550 g/mol. The molecule has 0 radical (unpaired) electrons. The summed E-state index contributed by atoms with van der Waals surface area (Å²) >= 11 is 6.03. The van der Waals surface area contributed by atoms with Gasteiger partial charge in [0.2, 0.25) is 21.8 Å². The number of amides is 2. The number of nitrogens with one attached hydrogen (secondary N) is 1. The van der Waals surface area contributed by atoms with Gasteiger partial charge in [-0.05, 0) is 68.0 Å². The summed E-state index contributed by atoms with van der Waals surface area (Å²) in [5, 5.41) is 3.59. The van der Waals surface area contributed by atoms with Gasteiger partial charge in [0.15, 0.2) is 0 Å². The van der Waals surface area contributed by atoms with E-state index in [9.17, 15) is 18.0 Å². The van der Waals surface area contributed by atoms with Crippen LogP contribution in [-0.2, 0) is 32.6 Å². The van der Waals surface area contributed by atoms with E-state index in [0.29, 0.717) is 23.6 Å². The summed E-state index contributed by atoms with van der Waals surface area (Å²) in [5.41, 5.74) is 2.55. The predicted octanol–water partition coefficient (Wildman–Crippen LogP) is 5.17. The van der Waals surface area contributed by atoms with Crippen LogP contribution in [0, 0.1) is 0 Å². The van der Waals surface area contributed by atoms with E-state index in [4.69, 9.17) is 11.6 Å². The van der Waals surface area contributed by atoms with Gasteiger partial charge >= 0.3 is 0 Å². The zero-order valence-corrected chi connectivity index (χ0v) is 24.1. The number of sulfonamides is 1. The number of benzene rings is 2. The maximum Gasteiger partial charge on any atom is 0.243 e. The molecule has 2 aromatic carbocycles. The van der Waals surface area contributed by atoms with Gasteiger partial charge in [-0.1, -0.05) is 56.6 Å². The number of anilines is 1. The van der Waals surface area contributed by atoms with Gasteiger partial charge in [0.1, 0.15) is 6.04 Å². The molecule has 0 fully saturated rings. The lowest BCUT2D eigenvalue weighted by Gasteiger charge is -2.32. The van der Waals surface area contributed by atoms with Crippen LogP contribution in [0.5, 0.6) is 0 Å². The Hall–Kier alpha value is -2.58. The van der Waals surface area contributed by atoms with E-state index in [1.807, 2.05) is 52.0 Å². The van der Waals surface area contributed by atoms with Crippen molar-refractivity contribution in [3.8, 4) is 0 Å². The van der Waals surface area contributed by atoms with Crippen molar-refractivity contribution in [3.63, 3.8) is 0 Å². The summed E-state index contributed by atoms with van der Waals surface area (Å²) in [7, 11) is -3.53. The Labute approximate surface area is 227 Å². The van der Waals surface area contributed by atoms with Crippen molar-refractivity contribution in [2.24, 2.45) is 0 Å². The topological polar surface area (TPSA) is 86.8 Å². The Balaban J connectivity index is 2.21. The second kappa shape index (κ2) is 14.4. The highest BCUT2D eigenvalue weighted by Gasteiger charge is 2.29. The highest BCUT2D eigenvalue weighted by Crippen LogP contribution is 2.21. The molecule has 9 heteroatoms. The summed E-state index contributed by atoms with van der Waals surface area (Å²) in [5.74, 6) is -0.385. The van der Waals surface area contributed by atoms with Crippen molar-refractivity contribution in [1.29, 1.82) is 0 Å². The Morgan fingerprint density at radius 2 is 1.54 bits per heavy atom. The Morgan fingerprint density at radius 3 is 2.05 bits per heavy atom. The minimum atomic E-state index is -3.53. The zero-order chi connectivity index (χ0) is 27.6. The van der Waals surface area contributed by atoms with Crippen LogP contribution in [0.25, 0.3) is 0 Å². The molecule has 7 nitrogen and oxygen atoms in total. The van der Waals surface area contributed by atoms with Crippen LogP contribution in [0.4, 0.5) is 5.69 Å². The van der Waals surface area contributed by atoms with Crippen molar-refractivity contribution in [1.82, 2.24) is 10.2 Å². The normalized spacial score (nSPS) is 13.0. The third-order valence-electron chi connectivity index (χ3n) is 6.44. The van der Waals surface area contributed by atoms with Crippen LogP contribution < -0.4 is 9.62 Å². The van der Waals surface area contributed by atoms with Gasteiger partial charge in [-0.2, -0.15) is 0 Å². The lowest BCUT2D eigenvalue weighted by atomic mass is 10.1. The van der Waals surface area contributed by atoms with E-state index in [2.05, 4.69) is 5.32 Å². The van der Waals surface area contributed by atoms with Crippen molar-refractivity contribution in [2.45, 2.75) is 78.4 Å². The first-order valence-corrected chi connectivity index (χ1v) is 15.1. The number of carbonyl (C=O) groups is 2. The van der Waals surface area contributed by atoms with E-state index in [0.717, 1.165) is 24.0 Å². The molecule has 2 atom stereocenters. The highest BCUT2D eigenvalue weighted by atomic mass is 35.5. The molecule has 0 aliphatic heterocycles. The van der Waals surface area contributed by atoms with Gasteiger partial charge in [0.05, 0.1) is 11.9 Å². The van der Waals surface area contributed by atoms with Crippen LogP contribution >= 0.6 is 11.6 Å². The summed E-state index contributed by atoms with van der Waals surface area (Å²) in [6.45, 7) is 8.28. The van der Waals surface area contributed by atoms with Crippen LogP contribution in [0.15, 0.2) is 48.5 Å². The fourth-order valence-corrected chi connectivity index (χ4v) is 5.14. The number of nitrogens with zero attached hydrogens (tertiary/aromatic N) is 2. The largest absolute Gasteiger partial charge is 0.352 e. The maximum atomic E-state index is 13.5. The SMILES string of the molecule is CCc1ccc(N(CCCC(=O)N(Cc2ccc(Cl)cc2)[C@@H](CC)C(=O)N[C@H](C)CC)S(C)(=O)=O)cc1. The van der Waals surface area contributed by atoms with Crippen molar-refractivity contribution in [3.05, 3.63) is 64.7 Å². The first-order chi connectivity index (χ1) is 17.5. The van der Waals surface area contributed by atoms with E-state index < -0.39 is 16.1 Å². The molecule has 0 saturated carbocycles. The van der Waals surface area contributed by atoms with E-state index in [-0.39, 0.29) is 37.4 Å².